The van der Waals surface area contributed by atoms with Gasteiger partial charge in [0.15, 0.2) is 11.5 Å². The van der Waals surface area contributed by atoms with Crippen LogP contribution in [-0.2, 0) is 20.7 Å². The molecule has 7 heteroatoms. The Bertz CT molecular complexity index is 1620. The Morgan fingerprint density at radius 1 is 1.00 bits per heavy atom. The van der Waals surface area contributed by atoms with Gasteiger partial charge in [0.1, 0.15) is 5.52 Å². The van der Waals surface area contributed by atoms with Crippen LogP contribution in [0.25, 0.3) is 21.9 Å². The highest BCUT2D eigenvalue weighted by atomic mass is 16.5. The van der Waals surface area contributed by atoms with Gasteiger partial charge in [-0.3, -0.25) is 9.59 Å². The molecule has 4 aromatic rings. The molecule has 0 spiro atoms. The van der Waals surface area contributed by atoms with E-state index in [1.165, 1.54) is 4.90 Å². The summed E-state index contributed by atoms with van der Waals surface area (Å²) in [4.78, 5) is 33.8. The topological polar surface area (TPSA) is 96.4 Å². The SMILES string of the molecule is C[C@]12CC[C@](CCCc3nc4ccccc4o3)(O1)[C@@H]1C(=O)N(c3ccc(C#N)c4ccccc34)C(=O)[C@@H]12. The van der Waals surface area contributed by atoms with Gasteiger partial charge in [-0.15, -0.1) is 0 Å². The van der Waals surface area contributed by atoms with Crippen LogP contribution in [-0.4, -0.2) is 28.0 Å². The average molecular weight is 492 g/mol. The van der Waals surface area contributed by atoms with Gasteiger partial charge in [0.2, 0.25) is 11.8 Å². The smallest absolute Gasteiger partial charge is 0.240 e. The second kappa shape index (κ2) is 7.74. The number of aryl methyl sites for hydroxylation is 1. The predicted molar refractivity (Wildman–Crippen MR) is 137 cm³/mol. The summed E-state index contributed by atoms with van der Waals surface area (Å²) in [5.41, 5.74) is 1.33. The van der Waals surface area contributed by atoms with E-state index in [4.69, 9.17) is 9.15 Å². The maximum absolute atomic E-state index is 14.0. The van der Waals surface area contributed by atoms with Crippen molar-refractivity contribution in [3.05, 3.63) is 72.1 Å². The molecule has 3 aromatic carbocycles. The predicted octanol–water partition coefficient (Wildman–Crippen LogP) is 5.30. The Hall–Kier alpha value is -4.02. The summed E-state index contributed by atoms with van der Waals surface area (Å²) >= 11 is 0. The molecule has 3 aliphatic heterocycles. The first-order chi connectivity index (χ1) is 17.9. The van der Waals surface area contributed by atoms with Crippen LogP contribution in [0.5, 0.6) is 0 Å². The van der Waals surface area contributed by atoms with E-state index >= 15 is 0 Å². The number of carbonyl (C=O) groups is 2. The third-order valence-corrected chi connectivity index (χ3v) is 8.60. The van der Waals surface area contributed by atoms with Gasteiger partial charge in [-0.05, 0) is 56.9 Å². The van der Waals surface area contributed by atoms with Crippen LogP contribution in [0, 0.1) is 23.2 Å². The molecule has 2 bridgehead atoms. The second-order valence-electron chi connectivity index (χ2n) is 10.7. The normalized spacial score (nSPS) is 28.4. The molecule has 184 valence electrons. The molecule has 3 saturated heterocycles. The summed E-state index contributed by atoms with van der Waals surface area (Å²) in [7, 11) is 0. The van der Waals surface area contributed by atoms with Crippen molar-refractivity contribution in [2.24, 2.45) is 11.8 Å². The van der Waals surface area contributed by atoms with E-state index in [0.29, 0.717) is 30.0 Å². The molecule has 4 heterocycles. The van der Waals surface area contributed by atoms with Crippen LogP contribution < -0.4 is 4.90 Å². The van der Waals surface area contributed by atoms with Crippen LogP contribution in [0.1, 0.15) is 44.1 Å². The van der Waals surface area contributed by atoms with Gasteiger partial charge in [0.25, 0.3) is 0 Å². The standard InChI is InChI=1S/C30H25N3O4/c1-29-15-16-30(37-29,14-6-11-24-32-21-9-4-5-10-23(21)36-24)26-25(29)27(34)33(28(26)35)22-13-12-18(17-31)19-7-2-3-8-20(19)22/h2-5,7-10,12-13,25-26H,6,11,14-16H2,1H3/t25-,26+,29-,30+/m1/s1. The summed E-state index contributed by atoms with van der Waals surface area (Å²) < 4.78 is 12.5. The van der Waals surface area contributed by atoms with E-state index < -0.39 is 23.0 Å². The number of ether oxygens (including phenoxy) is 1. The third-order valence-electron chi connectivity index (χ3n) is 8.60. The van der Waals surface area contributed by atoms with Crippen molar-refractivity contribution >= 4 is 39.4 Å². The lowest BCUT2D eigenvalue weighted by Crippen LogP contribution is -2.42. The van der Waals surface area contributed by atoms with Gasteiger partial charge in [-0.1, -0.05) is 36.4 Å². The number of nitrogens with zero attached hydrogens (tertiary/aromatic N) is 3. The van der Waals surface area contributed by atoms with Crippen LogP contribution in [0.2, 0.25) is 0 Å². The largest absolute Gasteiger partial charge is 0.441 e. The highest BCUT2D eigenvalue weighted by Crippen LogP contribution is 2.62. The van der Waals surface area contributed by atoms with E-state index in [0.717, 1.165) is 41.1 Å². The fourth-order valence-electron chi connectivity index (χ4n) is 6.99. The third kappa shape index (κ3) is 3.06. The van der Waals surface area contributed by atoms with Crippen molar-refractivity contribution in [3.8, 4) is 6.07 Å². The summed E-state index contributed by atoms with van der Waals surface area (Å²) in [6.07, 6.45) is 3.54. The number of nitriles is 1. The van der Waals surface area contributed by atoms with Crippen LogP contribution in [0.4, 0.5) is 5.69 Å². The molecule has 0 unspecified atom stereocenters. The minimum absolute atomic E-state index is 0.199. The number of hydrogen-bond donors (Lipinski definition) is 0. The Labute approximate surface area is 213 Å². The lowest BCUT2D eigenvalue weighted by molar-refractivity contribution is -0.130. The summed E-state index contributed by atoms with van der Waals surface area (Å²) in [5, 5.41) is 11.0. The Balaban J connectivity index is 1.20. The van der Waals surface area contributed by atoms with Crippen molar-refractivity contribution < 1.29 is 18.7 Å². The molecular formula is C30H25N3O4. The number of carbonyl (C=O) groups excluding carboxylic acids is 2. The highest BCUT2D eigenvalue weighted by molar-refractivity contribution is 6.26. The molecule has 4 atom stereocenters. The zero-order chi connectivity index (χ0) is 25.4. The molecule has 0 radical (unpaired) electrons. The molecular weight excluding hydrogens is 466 g/mol. The van der Waals surface area contributed by atoms with E-state index in [2.05, 4.69) is 11.1 Å². The zero-order valence-corrected chi connectivity index (χ0v) is 20.4. The highest BCUT2D eigenvalue weighted by Gasteiger charge is 2.73. The number of hydrogen-bond acceptors (Lipinski definition) is 6. The molecule has 37 heavy (non-hydrogen) atoms. The number of benzene rings is 3. The molecule has 0 saturated carbocycles. The summed E-state index contributed by atoms with van der Waals surface area (Å²) in [6, 6.07) is 20.8. The first-order valence-corrected chi connectivity index (χ1v) is 12.8. The molecule has 3 aliphatic rings. The van der Waals surface area contributed by atoms with Crippen molar-refractivity contribution in [2.45, 2.75) is 50.2 Å². The van der Waals surface area contributed by atoms with E-state index in [-0.39, 0.29) is 11.8 Å². The summed E-state index contributed by atoms with van der Waals surface area (Å²) in [5.74, 6) is -0.750. The van der Waals surface area contributed by atoms with E-state index in [1.807, 2.05) is 55.5 Å². The minimum Gasteiger partial charge on any atom is -0.441 e. The lowest BCUT2D eigenvalue weighted by Gasteiger charge is -2.31. The average Bonchev–Trinajstić information content (AvgIpc) is 3.61. The van der Waals surface area contributed by atoms with Crippen molar-refractivity contribution in [1.82, 2.24) is 4.98 Å². The number of oxazole rings is 1. The van der Waals surface area contributed by atoms with Crippen LogP contribution in [0.15, 0.2) is 65.1 Å². The van der Waals surface area contributed by atoms with Crippen LogP contribution >= 0.6 is 0 Å². The molecule has 7 rings (SSSR count). The Morgan fingerprint density at radius 3 is 2.57 bits per heavy atom. The monoisotopic (exact) mass is 491 g/mol. The first-order valence-electron chi connectivity index (χ1n) is 12.8. The van der Waals surface area contributed by atoms with Gasteiger partial charge in [-0.25, -0.2) is 9.88 Å². The quantitative estimate of drug-likeness (QED) is 0.351. The van der Waals surface area contributed by atoms with Gasteiger partial charge < -0.3 is 9.15 Å². The summed E-state index contributed by atoms with van der Waals surface area (Å²) in [6.45, 7) is 1.98. The second-order valence-corrected chi connectivity index (χ2v) is 10.7. The molecule has 3 fully saturated rings. The maximum Gasteiger partial charge on any atom is 0.240 e. The molecule has 7 nitrogen and oxygen atoms in total. The van der Waals surface area contributed by atoms with Crippen molar-refractivity contribution in [2.75, 3.05) is 4.90 Å². The minimum atomic E-state index is -0.671. The number of rotatable bonds is 5. The number of aromatic nitrogens is 1. The Kier molecular flexibility index (Phi) is 4.64. The number of imide groups is 1. The van der Waals surface area contributed by atoms with E-state index in [1.54, 1.807) is 12.1 Å². The molecule has 0 aliphatic carbocycles. The number of amides is 2. The van der Waals surface area contributed by atoms with Crippen LogP contribution in [0.3, 0.4) is 0 Å². The lowest BCUT2D eigenvalue weighted by atomic mass is 9.67. The molecule has 0 N–H and O–H groups in total. The molecule has 1 aromatic heterocycles. The number of para-hydroxylation sites is 2. The van der Waals surface area contributed by atoms with Gasteiger partial charge in [0.05, 0.1) is 40.4 Å². The van der Waals surface area contributed by atoms with Gasteiger partial charge >= 0.3 is 0 Å². The molecule has 2 amide bonds. The zero-order valence-electron chi connectivity index (χ0n) is 20.4. The van der Waals surface area contributed by atoms with Crippen molar-refractivity contribution in [1.29, 1.82) is 5.26 Å². The van der Waals surface area contributed by atoms with Crippen molar-refractivity contribution in [3.63, 3.8) is 0 Å². The Morgan fingerprint density at radius 2 is 1.76 bits per heavy atom. The van der Waals surface area contributed by atoms with E-state index in [9.17, 15) is 14.9 Å². The van der Waals surface area contributed by atoms with Gasteiger partial charge in [-0.2, -0.15) is 5.26 Å². The van der Waals surface area contributed by atoms with Gasteiger partial charge in [0, 0.05) is 17.2 Å². The fraction of sp³-hybridized carbons (Fsp3) is 0.333. The first kappa shape index (κ1) is 22.2. The number of anilines is 1. The maximum atomic E-state index is 14.0. The number of fused-ring (bicyclic) bond motifs is 7. The fourth-order valence-corrected chi connectivity index (χ4v) is 6.99.